The van der Waals surface area contributed by atoms with Gasteiger partial charge in [0.2, 0.25) is 0 Å². The van der Waals surface area contributed by atoms with Crippen LogP contribution >= 0.6 is 0 Å². The van der Waals surface area contributed by atoms with Crippen LogP contribution in [0.5, 0.6) is 0 Å². The summed E-state index contributed by atoms with van der Waals surface area (Å²) in [6.07, 6.45) is 1.69. The zero-order chi connectivity index (χ0) is 16.2. The van der Waals surface area contributed by atoms with E-state index in [9.17, 15) is 22.7 Å². The fourth-order valence-corrected chi connectivity index (χ4v) is 3.75. The van der Waals surface area contributed by atoms with Crippen LogP contribution in [-0.2, 0) is 21.4 Å². The molecule has 1 fully saturated rings. The minimum atomic E-state index is -3.64. The third-order valence-corrected chi connectivity index (χ3v) is 5.21. The second-order valence-corrected chi connectivity index (χ2v) is 7.08. The molecule has 1 aliphatic rings. The average Bonchev–Trinajstić information content (AvgIpc) is 2.98. The molecule has 0 bridgehead atoms. The van der Waals surface area contributed by atoms with Gasteiger partial charge in [-0.2, -0.15) is 12.7 Å². The van der Waals surface area contributed by atoms with Crippen LogP contribution in [0.25, 0.3) is 0 Å². The van der Waals surface area contributed by atoms with E-state index >= 15 is 0 Å². The Balaban J connectivity index is 1.98. The first-order valence-corrected chi connectivity index (χ1v) is 8.54. The monoisotopic (exact) mass is 330 g/mol. The molecule has 0 aromatic heterocycles. The van der Waals surface area contributed by atoms with E-state index in [0.29, 0.717) is 18.7 Å². The number of aliphatic carboxylic acids is 1. The van der Waals surface area contributed by atoms with Crippen LogP contribution in [0.4, 0.5) is 4.39 Å². The molecule has 0 aliphatic carbocycles. The summed E-state index contributed by atoms with van der Waals surface area (Å²) in [5, 5.41) is 9.22. The van der Waals surface area contributed by atoms with Crippen molar-refractivity contribution in [3.8, 4) is 0 Å². The van der Waals surface area contributed by atoms with Crippen LogP contribution in [0.1, 0.15) is 18.4 Å². The Kier molecular flexibility index (Phi) is 5.49. The fraction of sp³-hybridized carbons (Fsp3) is 0.500. The van der Waals surface area contributed by atoms with Crippen molar-refractivity contribution in [3.05, 3.63) is 35.6 Å². The molecule has 2 rings (SSSR count). The summed E-state index contributed by atoms with van der Waals surface area (Å²) in [6, 6.07) is 5.65. The van der Waals surface area contributed by atoms with Crippen LogP contribution in [-0.4, -0.2) is 43.4 Å². The molecule has 122 valence electrons. The third kappa shape index (κ3) is 4.49. The summed E-state index contributed by atoms with van der Waals surface area (Å²) in [6.45, 7) is 0.693. The maximum atomic E-state index is 13.1. The molecule has 1 saturated heterocycles. The number of halogens is 1. The van der Waals surface area contributed by atoms with Crippen LogP contribution in [0.2, 0.25) is 0 Å². The summed E-state index contributed by atoms with van der Waals surface area (Å²) in [5.74, 6) is -2.51. The molecular formula is C14H19FN2O4S. The standard InChI is InChI=1S/C14H19FN2O4S/c15-13-5-3-4-11(9-13)8-12(14(18)19)10-16-22(20,21)17-6-1-2-7-17/h3-5,9,12,16H,1-2,6-8,10H2,(H,18,19). The molecule has 1 aromatic carbocycles. The van der Waals surface area contributed by atoms with Gasteiger partial charge in [0.25, 0.3) is 10.2 Å². The van der Waals surface area contributed by atoms with E-state index in [4.69, 9.17) is 0 Å². The Labute approximate surface area is 129 Å². The maximum absolute atomic E-state index is 13.1. The van der Waals surface area contributed by atoms with Crippen LogP contribution in [0, 0.1) is 11.7 Å². The van der Waals surface area contributed by atoms with Gasteiger partial charge in [0.1, 0.15) is 5.82 Å². The molecule has 2 N–H and O–H groups in total. The van der Waals surface area contributed by atoms with Gasteiger partial charge in [0, 0.05) is 19.6 Å². The van der Waals surface area contributed by atoms with E-state index in [0.717, 1.165) is 12.8 Å². The molecule has 1 aliphatic heterocycles. The number of hydrogen-bond donors (Lipinski definition) is 2. The highest BCUT2D eigenvalue weighted by atomic mass is 32.2. The van der Waals surface area contributed by atoms with Crippen LogP contribution in [0.3, 0.4) is 0 Å². The van der Waals surface area contributed by atoms with E-state index in [1.165, 1.54) is 22.5 Å². The van der Waals surface area contributed by atoms with E-state index in [2.05, 4.69) is 4.72 Å². The van der Waals surface area contributed by atoms with Gasteiger partial charge in [-0.1, -0.05) is 12.1 Å². The van der Waals surface area contributed by atoms with Gasteiger partial charge >= 0.3 is 5.97 Å². The fourth-order valence-electron chi connectivity index (χ4n) is 2.42. The molecule has 0 radical (unpaired) electrons. The summed E-state index contributed by atoms with van der Waals surface area (Å²) >= 11 is 0. The molecule has 0 spiro atoms. The number of nitrogens with zero attached hydrogens (tertiary/aromatic N) is 1. The predicted molar refractivity (Wildman–Crippen MR) is 79.0 cm³/mol. The second-order valence-electron chi connectivity index (χ2n) is 5.33. The zero-order valence-electron chi connectivity index (χ0n) is 12.0. The van der Waals surface area contributed by atoms with Crippen molar-refractivity contribution in [2.75, 3.05) is 19.6 Å². The van der Waals surface area contributed by atoms with Gasteiger partial charge in [0.15, 0.2) is 0 Å². The molecule has 1 heterocycles. The number of benzene rings is 1. The lowest BCUT2D eigenvalue weighted by Gasteiger charge is -2.18. The number of nitrogens with one attached hydrogen (secondary N) is 1. The Morgan fingerprint density at radius 2 is 2.05 bits per heavy atom. The molecular weight excluding hydrogens is 311 g/mol. The Bertz CT molecular complexity index is 629. The second kappa shape index (κ2) is 7.17. The quantitative estimate of drug-likeness (QED) is 0.781. The van der Waals surface area contributed by atoms with Crippen LogP contribution in [0.15, 0.2) is 24.3 Å². The van der Waals surface area contributed by atoms with Crippen molar-refractivity contribution in [1.82, 2.24) is 9.03 Å². The highest BCUT2D eigenvalue weighted by Crippen LogP contribution is 2.14. The summed E-state index contributed by atoms with van der Waals surface area (Å²) in [5.41, 5.74) is 0.521. The number of hydrogen-bond acceptors (Lipinski definition) is 3. The number of carboxylic acids is 1. The van der Waals surface area contributed by atoms with Crippen molar-refractivity contribution < 1.29 is 22.7 Å². The molecule has 1 atom stereocenters. The van der Waals surface area contributed by atoms with E-state index in [1.807, 2.05) is 0 Å². The Hall–Kier alpha value is -1.51. The Morgan fingerprint density at radius 1 is 1.36 bits per heavy atom. The molecule has 8 heteroatoms. The smallest absolute Gasteiger partial charge is 0.308 e. The van der Waals surface area contributed by atoms with E-state index in [-0.39, 0.29) is 13.0 Å². The minimum absolute atomic E-state index is 0.0651. The molecule has 22 heavy (non-hydrogen) atoms. The van der Waals surface area contributed by atoms with Crippen molar-refractivity contribution in [2.45, 2.75) is 19.3 Å². The lowest BCUT2D eigenvalue weighted by atomic mass is 10.00. The first-order valence-electron chi connectivity index (χ1n) is 7.10. The predicted octanol–water partition coefficient (Wildman–Crippen LogP) is 0.999. The highest BCUT2D eigenvalue weighted by Gasteiger charge is 2.27. The third-order valence-electron chi connectivity index (χ3n) is 3.64. The maximum Gasteiger partial charge on any atom is 0.308 e. The lowest BCUT2D eigenvalue weighted by Crippen LogP contribution is -2.42. The summed E-state index contributed by atoms with van der Waals surface area (Å²) < 4.78 is 40.8. The molecule has 0 amide bonds. The van der Waals surface area contributed by atoms with E-state index in [1.54, 1.807) is 6.07 Å². The van der Waals surface area contributed by atoms with Crippen molar-refractivity contribution in [2.24, 2.45) is 5.92 Å². The molecule has 1 aromatic rings. The number of carbonyl (C=O) groups is 1. The topological polar surface area (TPSA) is 86.7 Å². The van der Waals surface area contributed by atoms with Crippen molar-refractivity contribution >= 4 is 16.2 Å². The average molecular weight is 330 g/mol. The summed E-state index contributed by atoms with van der Waals surface area (Å²) in [4.78, 5) is 11.3. The number of rotatable bonds is 7. The Morgan fingerprint density at radius 3 is 2.64 bits per heavy atom. The SMILES string of the molecule is O=C(O)C(CNS(=O)(=O)N1CCCC1)Cc1cccc(F)c1. The molecule has 1 unspecified atom stereocenters. The van der Waals surface area contributed by atoms with Crippen LogP contribution < -0.4 is 4.72 Å². The van der Waals surface area contributed by atoms with E-state index < -0.39 is 27.9 Å². The summed E-state index contributed by atoms with van der Waals surface area (Å²) in [7, 11) is -3.64. The zero-order valence-corrected chi connectivity index (χ0v) is 12.9. The van der Waals surface area contributed by atoms with Gasteiger partial charge < -0.3 is 5.11 Å². The normalized spacial score (nSPS) is 17.5. The van der Waals surface area contributed by atoms with Gasteiger partial charge in [0.05, 0.1) is 5.92 Å². The van der Waals surface area contributed by atoms with Gasteiger partial charge in [-0.05, 0) is 37.0 Å². The van der Waals surface area contributed by atoms with Gasteiger partial charge in [-0.3, -0.25) is 4.79 Å². The number of carboxylic acid groups (broad SMARTS) is 1. The van der Waals surface area contributed by atoms with Crippen molar-refractivity contribution in [3.63, 3.8) is 0 Å². The highest BCUT2D eigenvalue weighted by molar-refractivity contribution is 7.87. The lowest BCUT2D eigenvalue weighted by molar-refractivity contribution is -0.141. The van der Waals surface area contributed by atoms with Gasteiger partial charge in [-0.15, -0.1) is 0 Å². The van der Waals surface area contributed by atoms with Gasteiger partial charge in [-0.25, -0.2) is 9.11 Å². The molecule has 6 nitrogen and oxygen atoms in total. The molecule has 0 saturated carbocycles. The minimum Gasteiger partial charge on any atom is -0.481 e. The first-order chi connectivity index (χ1) is 10.4. The first kappa shape index (κ1) is 16.9. The van der Waals surface area contributed by atoms with Crippen molar-refractivity contribution in [1.29, 1.82) is 0 Å². The largest absolute Gasteiger partial charge is 0.481 e.